The summed E-state index contributed by atoms with van der Waals surface area (Å²) in [6.45, 7) is -0.618. The van der Waals surface area contributed by atoms with Crippen molar-refractivity contribution in [3.8, 4) is 0 Å². The van der Waals surface area contributed by atoms with E-state index in [-0.39, 0.29) is 15.5 Å². The third-order valence-corrected chi connectivity index (χ3v) is 5.63. The second kappa shape index (κ2) is 5.34. The van der Waals surface area contributed by atoms with Crippen molar-refractivity contribution in [1.82, 2.24) is 9.29 Å². The van der Waals surface area contributed by atoms with Crippen LogP contribution in [0, 0.1) is 0 Å². The minimum Gasteiger partial charge on any atom is -0.300 e. The fraction of sp³-hybridized carbons (Fsp3) is 0.0833. The second-order valence-electron chi connectivity index (χ2n) is 4.34. The highest BCUT2D eigenvalue weighted by Crippen LogP contribution is 2.32. The molecule has 2 amide bonds. The van der Waals surface area contributed by atoms with E-state index >= 15 is 0 Å². The zero-order chi connectivity index (χ0) is 15.9. The minimum absolute atomic E-state index is 0.00597. The molecule has 0 saturated heterocycles. The van der Waals surface area contributed by atoms with Gasteiger partial charge in [-0.2, -0.15) is 0 Å². The van der Waals surface area contributed by atoms with Crippen molar-refractivity contribution in [3.05, 3.63) is 40.4 Å². The monoisotopic (exact) mass is 357 g/mol. The maximum absolute atomic E-state index is 12.3. The number of nitrogens with zero attached hydrogens (tertiary/aromatic N) is 2. The predicted octanol–water partition coefficient (Wildman–Crippen LogP) is 1.58. The fourth-order valence-corrected chi connectivity index (χ4v) is 4.31. The van der Waals surface area contributed by atoms with E-state index in [4.69, 9.17) is 11.6 Å². The SMILES string of the molecule is O=C(CN1C(=O)c2ccc(Cl)cc2S1(=O)=O)Nc1nccs1. The molecule has 22 heavy (non-hydrogen) atoms. The lowest BCUT2D eigenvalue weighted by Gasteiger charge is -2.13. The molecule has 1 N–H and O–H groups in total. The highest BCUT2D eigenvalue weighted by molar-refractivity contribution is 7.90. The van der Waals surface area contributed by atoms with Crippen LogP contribution in [0.3, 0.4) is 0 Å². The summed E-state index contributed by atoms with van der Waals surface area (Å²) in [6.07, 6.45) is 1.50. The molecule has 3 rings (SSSR count). The number of fused-ring (bicyclic) bond motifs is 1. The molecule has 0 fully saturated rings. The molecule has 2 aromatic rings. The molecule has 0 bridgehead atoms. The zero-order valence-corrected chi connectivity index (χ0v) is 13.2. The van der Waals surface area contributed by atoms with Crippen LogP contribution in [0.15, 0.2) is 34.7 Å². The number of benzene rings is 1. The summed E-state index contributed by atoms with van der Waals surface area (Å²) in [6, 6.07) is 3.95. The molecule has 1 aromatic heterocycles. The lowest BCUT2D eigenvalue weighted by atomic mass is 10.2. The van der Waals surface area contributed by atoms with Gasteiger partial charge in [0.15, 0.2) is 5.13 Å². The molecule has 0 unspecified atom stereocenters. The molecular formula is C12H8ClN3O4S2. The molecule has 7 nitrogen and oxygen atoms in total. The number of carbonyl (C=O) groups is 2. The van der Waals surface area contributed by atoms with E-state index < -0.39 is 28.4 Å². The number of thiazole rings is 1. The standard InChI is InChI=1S/C12H8ClN3O4S2/c13-7-1-2-8-9(5-7)22(19,20)16(11(8)18)6-10(17)15-12-14-3-4-21-12/h1-5H,6H2,(H,14,15,17). The summed E-state index contributed by atoms with van der Waals surface area (Å²) < 4.78 is 25.2. The van der Waals surface area contributed by atoms with Gasteiger partial charge in [-0.15, -0.1) is 11.3 Å². The number of amides is 2. The average Bonchev–Trinajstić information content (AvgIpc) is 3.01. The first-order chi connectivity index (χ1) is 10.4. The Kier molecular flexibility index (Phi) is 3.63. The van der Waals surface area contributed by atoms with Gasteiger partial charge in [0, 0.05) is 16.6 Å². The molecule has 10 heteroatoms. The van der Waals surface area contributed by atoms with Crippen LogP contribution >= 0.6 is 22.9 Å². The molecule has 0 atom stereocenters. The summed E-state index contributed by atoms with van der Waals surface area (Å²) in [4.78, 5) is 27.7. The third-order valence-electron chi connectivity index (χ3n) is 2.93. The van der Waals surface area contributed by atoms with Crippen LogP contribution in [0.4, 0.5) is 5.13 Å². The van der Waals surface area contributed by atoms with Crippen LogP contribution in [0.1, 0.15) is 10.4 Å². The maximum Gasteiger partial charge on any atom is 0.269 e. The molecule has 0 spiro atoms. The van der Waals surface area contributed by atoms with Gasteiger partial charge in [-0.1, -0.05) is 11.6 Å². The number of sulfonamides is 1. The predicted molar refractivity (Wildman–Crippen MR) is 80.4 cm³/mol. The average molecular weight is 358 g/mol. The van der Waals surface area contributed by atoms with E-state index in [0.29, 0.717) is 9.44 Å². The highest BCUT2D eigenvalue weighted by Gasteiger charge is 2.42. The Morgan fingerprint density at radius 2 is 2.18 bits per heavy atom. The summed E-state index contributed by atoms with van der Waals surface area (Å²) in [5.41, 5.74) is 0.00597. The van der Waals surface area contributed by atoms with Gasteiger partial charge in [-0.05, 0) is 18.2 Å². The Balaban J connectivity index is 1.87. The van der Waals surface area contributed by atoms with Crippen LogP contribution in [-0.2, 0) is 14.8 Å². The largest absolute Gasteiger partial charge is 0.300 e. The van der Waals surface area contributed by atoms with Crippen molar-refractivity contribution in [2.75, 3.05) is 11.9 Å². The quantitative estimate of drug-likeness (QED) is 0.899. The van der Waals surface area contributed by atoms with Crippen LogP contribution in [0.25, 0.3) is 0 Å². The van der Waals surface area contributed by atoms with Crippen LogP contribution in [0.5, 0.6) is 0 Å². The normalized spacial score (nSPS) is 15.7. The molecule has 0 aliphatic carbocycles. The lowest BCUT2D eigenvalue weighted by Crippen LogP contribution is -2.37. The molecule has 114 valence electrons. The van der Waals surface area contributed by atoms with Crippen LogP contribution in [-0.4, -0.2) is 36.1 Å². The topological polar surface area (TPSA) is 96.4 Å². The first-order valence-corrected chi connectivity index (χ1v) is 8.65. The molecule has 0 radical (unpaired) electrons. The smallest absolute Gasteiger partial charge is 0.269 e. The third kappa shape index (κ3) is 2.47. The Morgan fingerprint density at radius 1 is 1.41 bits per heavy atom. The van der Waals surface area contributed by atoms with Gasteiger partial charge in [0.1, 0.15) is 11.4 Å². The number of rotatable bonds is 3. The Bertz CT molecular complexity index is 865. The molecular weight excluding hydrogens is 350 g/mol. The van der Waals surface area contributed by atoms with E-state index in [2.05, 4.69) is 10.3 Å². The first-order valence-electron chi connectivity index (χ1n) is 5.95. The Hall–Kier alpha value is -1.97. The van der Waals surface area contributed by atoms with Crippen molar-refractivity contribution in [2.45, 2.75) is 4.90 Å². The van der Waals surface area contributed by atoms with E-state index in [1.807, 2.05) is 0 Å². The van der Waals surface area contributed by atoms with Crippen LogP contribution in [0.2, 0.25) is 5.02 Å². The van der Waals surface area contributed by atoms with Crippen molar-refractivity contribution in [1.29, 1.82) is 0 Å². The van der Waals surface area contributed by atoms with Gasteiger partial charge in [0.05, 0.1) is 5.56 Å². The van der Waals surface area contributed by atoms with E-state index in [9.17, 15) is 18.0 Å². The van der Waals surface area contributed by atoms with E-state index in [1.165, 1.54) is 35.7 Å². The summed E-state index contributed by atoms with van der Waals surface area (Å²) >= 11 is 6.95. The summed E-state index contributed by atoms with van der Waals surface area (Å²) in [5, 5.41) is 4.61. The lowest BCUT2D eigenvalue weighted by molar-refractivity contribution is -0.116. The van der Waals surface area contributed by atoms with Gasteiger partial charge in [0.2, 0.25) is 5.91 Å². The van der Waals surface area contributed by atoms with Crippen molar-refractivity contribution in [3.63, 3.8) is 0 Å². The Morgan fingerprint density at radius 3 is 2.86 bits per heavy atom. The molecule has 1 aliphatic rings. The zero-order valence-electron chi connectivity index (χ0n) is 10.8. The maximum atomic E-state index is 12.3. The second-order valence-corrected chi connectivity index (χ2v) is 7.50. The molecule has 1 aliphatic heterocycles. The van der Waals surface area contributed by atoms with Gasteiger partial charge in [-0.3, -0.25) is 9.59 Å². The number of carbonyl (C=O) groups excluding carboxylic acids is 2. The molecule has 2 heterocycles. The number of nitrogens with one attached hydrogen (secondary N) is 1. The molecule has 0 saturated carbocycles. The minimum atomic E-state index is -4.07. The van der Waals surface area contributed by atoms with Gasteiger partial charge >= 0.3 is 0 Å². The number of hydrogen-bond acceptors (Lipinski definition) is 6. The number of aromatic nitrogens is 1. The van der Waals surface area contributed by atoms with E-state index in [0.717, 1.165) is 0 Å². The van der Waals surface area contributed by atoms with Crippen molar-refractivity contribution in [2.24, 2.45) is 0 Å². The van der Waals surface area contributed by atoms with Crippen LogP contribution < -0.4 is 5.32 Å². The number of hydrogen-bond donors (Lipinski definition) is 1. The first kappa shape index (κ1) is 14.9. The highest BCUT2D eigenvalue weighted by atomic mass is 35.5. The van der Waals surface area contributed by atoms with E-state index in [1.54, 1.807) is 5.38 Å². The van der Waals surface area contributed by atoms with Gasteiger partial charge in [0.25, 0.3) is 15.9 Å². The summed E-state index contributed by atoms with van der Waals surface area (Å²) in [5.74, 6) is -1.40. The van der Waals surface area contributed by atoms with Crippen molar-refractivity contribution < 1.29 is 18.0 Å². The number of anilines is 1. The van der Waals surface area contributed by atoms with Gasteiger partial charge < -0.3 is 5.32 Å². The number of halogens is 1. The van der Waals surface area contributed by atoms with Crippen molar-refractivity contribution >= 4 is 49.9 Å². The van der Waals surface area contributed by atoms with Gasteiger partial charge in [-0.25, -0.2) is 17.7 Å². The summed E-state index contributed by atoms with van der Waals surface area (Å²) in [7, 11) is -4.07. The molecule has 1 aromatic carbocycles. The fourth-order valence-electron chi connectivity index (χ4n) is 1.98. The Labute approximate surface area is 134 Å².